The Kier molecular flexibility index (Phi) is 4.66. The lowest BCUT2D eigenvalue weighted by Crippen LogP contribution is -2.33. The zero-order chi connectivity index (χ0) is 13.8. The molecule has 1 amide bonds. The van der Waals surface area contributed by atoms with Gasteiger partial charge in [-0.3, -0.25) is 4.79 Å². The maximum absolute atomic E-state index is 12.1. The van der Waals surface area contributed by atoms with E-state index in [2.05, 4.69) is 5.32 Å². The molecule has 0 radical (unpaired) electrons. The van der Waals surface area contributed by atoms with E-state index in [4.69, 9.17) is 21.1 Å². The SMILES string of the molecule is COc1cc(Cl)c(C)cc1NC(=O)C1CCCCO1. The second kappa shape index (κ2) is 6.26. The topological polar surface area (TPSA) is 47.6 Å². The summed E-state index contributed by atoms with van der Waals surface area (Å²) in [5, 5.41) is 3.47. The van der Waals surface area contributed by atoms with Gasteiger partial charge in [0.1, 0.15) is 11.9 Å². The maximum Gasteiger partial charge on any atom is 0.253 e. The molecule has 5 heteroatoms. The van der Waals surface area contributed by atoms with Crippen LogP contribution in [0.3, 0.4) is 0 Å². The third-order valence-electron chi connectivity index (χ3n) is 3.21. The Labute approximate surface area is 118 Å². The number of hydrogen-bond donors (Lipinski definition) is 1. The monoisotopic (exact) mass is 283 g/mol. The van der Waals surface area contributed by atoms with E-state index >= 15 is 0 Å². The number of methoxy groups -OCH3 is 1. The number of benzene rings is 1. The van der Waals surface area contributed by atoms with Gasteiger partial charge in [-0.25, -0.2) is 0 Å². The quantitative estimate of drug-likeness (QED) is 0.927. The van der Waals surface area contributed by atoms with Crippen molar-refractivity contribution in [3.63, 3.8) is 0 Å². The Balaban J connectivity index is 2.13. The maximum atomic E-state index is 12.1. The molecule has 1 aromatic carbocycles. The lowest BCUT2D eigenvalue weighted by molar-refractivity contribution is -0.129. The number of amides is 1. The van der Waals surface area contributed by atoms with Gasteiger partial charge < -0.3 is 14.8 Å². The van der Waals surface area contributed by atoms with Crippen molar-refractivity contribution in [2.75, 3.05) is 19.0 Å². The Morgan fingerprint density at radius 3 is 2.89 bits per heavy atom. The van der Waals surface area contributed by atoms with Gasteiger partial charge in [-0.1, -0.05) is 11.6 Å². The molecule has 0 aliphatic carbocycles. The lowest BCUT2D eigenvalue weighted by Gasteiger charge is -2.22. The van der Waals surface area contributed by atoms with Gasteiger partial charge in [-0.2, -0.15) is 0 Å². The fourth-order valence-electron chi connectivity index (χ4n) is 2.09. The summed E-state index contributed by atoms with van der Waals surface area (Å²) in [6.07, 6.45) is 2.44. The van der Waals surface area contributed by atoms with E-state index in [0.29, 0.717) is 23.1 Å². The molecule has 1 N–H and O–H groups in total. The van der Waals surface area contributed by atoms with Crippen molar-refractivity contribution >= 4 is 23.2 Å². The molecule has 4 nitrogen and oxygen atoms in total. The zero-order valence-corrected chi connectivity index (χ0v) is 11.9. The number of rotatable bonds is 3. The second-order valence-corrected chi connectivity index (χ2v) is 5.05. The molecule has 1 aromatic rings. The summed E-state index contributed by atoms with van der Waals surface area (Å²) in [5.74, 6) is 0.430. The van der Waals surface area contributed by atoms with Gasteiger partial charge in [0.25, 0.3) is 5.91 Å². The minimum Gasteiger partial charge on any atom is -0.495 e. The minimum absolute atomic E-state index is 0.125. The highest BCUT2D eigenvalue weighted by Gasteiger charge is 2.23. The highest BCUT2D eigenvalue weighted by molar-refractivity contribution is 6.31. The second-order valence-electron chi connectivity index (χ2n) is 4.65. The van der Waals surface area contributed by atoms with E-state index in [1.54, 1.807) is 13.2 Å². The highest BCUT2D eigenvalue weighted by Crippen LogP contribution is 2.31. The van der Waals surface area contributed by atoms with Crippen molar-refractivity contribution < 1.29 is 14.3 Å². The van der Waals surface area contributed by atoms with E-state index in [1.165, 1.54) is 0 Å². The van der Waals surface area contributed by atoms with Gasteiger partial charge in [-0.05, 0) is 37.8 Å². The van der Waals surface area contributed by atoms with E-state index < -0.39 is 0 Å². The number of carbonyl (C=O) groups is 1. The molecular weight excluding hydrogens is 266 g/mol. The molecule has 1 atom stereocenters. The van der Waals surface area contributed by atoms with Crippen LogP contribution in [-0.4, -0.2) is 25.7 Å². The number of hydrogen-bond acceptors (Lipinski definition) is 3. The van der Waals surface area contributed by atoms with Gasteiger partial charge in [0, 0.05) is 17.7 Å². The molecule has 0 spiro atoms. The molecule has 0 saturated carbocycles. The van der Waals surface area contributed by atoms with Crippen LogP contribution in [-0.2, 0) is 9.53 Å². The van der Waals surface area contributed by atoms with Gasteiger partial charge in [0.15, 0.2) is 0 Å². The van der Waals surface area contributed by atoms with Gasteiger partial charge in [-0.15, -0.1) is 0 Å². The van der Waals surface area contributed by atoms with Crippen LogP contribution in [0.15, 0.2) is 12.1 Å². The molecule has 1 aliphatic rings. The number of anilines is 1. The van der Waals surface area contributed by atoms with Crippen LogP contribution in [0, 0.1) is 6.92 Å². The Bertz CT molecular complexity index is 470. The molecule has 19 heavy (non-hydrogen) atoms. The summed E-state index contributed by atoms with van der Waals surface area (Å²) in [6, 6.07) is 3.51. The molecule has 1 unspecified atom stereocenters. The van der Waals surface area contributed by atoms with Crippen LogP contribution >= 0.6 is 11.6 Å². The first-order chi connectivity index (χ1) is 9.11. The third kappa shape index (κ3) is 3.39. The van der Waals surface area contributed by atoms with Crippen LogP contribution in [0.25, 0.3) is 0 Å². The summed E-state index contributed by atoms with van der Waals surface area (Å²) in [7, 11) is 1.55. The predicted molar refractivity (Wildman–Crippen MR) is 75.0 cm³/mol. The largest absolute Gasteiger partial charge is 0.495 e. The summed E-state index contributed by atoms with van der Waals surface area (Å²) in [4.78, 5) is 12.1. The minimum atomic E-state index is -0.366. The summed E-state index contributed by atoms with van der Waals surface area (Å²) < 4.78 is 10.7. The Morgan fingerprint density at radius 1 is 1.47 bits per heavy atom. The standard InChI is InChI=1S/C14H18ClNO3/c1-9-7-11(13(18-2)8-10(9)15)16-14(17)12-5-3-4-6-19-12/h7-8,12H,3-6H2,1-2H3,(H,16,17). The molecule has 1 saturated heterocycles. The van der Waals surface area contributed by atoms with Gasteiger partial charge >= 0.3 is 0 Å². The zero-order valence-electron chi connectivity index (χ0n) is 11.2. The third-order valence-corrected chi connectivity index (χ3v) is 3.62. The van der Waals surface area contributed by atoms with Crippen LogP contribution in [0.5, 0.6) is 5.75 Å². The lowest BCUT2D eigenvalue weighted by atomic mass is 10.1. The number of ether oxygens (including phenoxy) is 2. The molecule has 2 rings (SSSR count). The Hall–Kier alpha value is -1.26. The molecule has 1 heterocycles. The summed E-state index contributed by atoms with van der Waals surface area (Å²) >= 11 is 6.03. The summed E-state index contributed by atoms with van der Waals surface area (Å²) in [6.45, 7) is 2.53. The van der Waals surface area contributed by atoms with E-state index in [9.17, 15) is 4.79 Å². The molecular formula is C14H18ClNO3. The number of aryl methyl sites for hydroxylation is 1. The van der Waals surface area contributed by atoms with Gasteiger partial charge in [0.05, 0.1) is 12.8 Å². The average molecular weight is 284 g/mol. The van der Waals surface area contributed by atoms with Crippen molar-refractivity contribution in [3.8, 4) is 5.75 Å². The number of nitrogens with one attached hydrogen (secondary N) is 1. The van der Waals surface area contributed by atoms with Crippen molar-refractivity contribution in [2.24, 2.45) is 0 Å². The number of halogens is 1. The smallest absolute Gasteiger partial charge is 0.253 e. The van der Waals surface area contributed by atoms with E-state index in [1.807, 2.05) is 13.0 Å². The first kappa shape index (κ1) is 14.2. The van der Waals surface area contributed by atoms with Crippen LogP contribution in [0.2, 0.25) is 5.02 Å². The first-order valence-corrected chi connectivity index (χ1v) is 6.76. The Morgan fingerprint density at radius 2 is 2.26 bits per heavy atom. The normalized spacial score (nSPS) is 19.0. The fraction of sp³-hybridized carbons (Fsp3) is 0.500. The highest BCUT2D eigenvalue weighted by atomic mass is 35.5. The number of carbonyl (C=O) groups excluding carboxylic acids is 1. The molecule has 104 valence electrons. The van der Waals surface area contributed by atoms with Crippen molar-refractivity contribution in [3.05, 3.63) is 22.7 Å². The van der Waals surface area contributed by atoms with Crippen molar-refractivity contribution in [1.29, 1.82) is 0 Å². The first-order valence-electron chi connectivity index (χ1n) is 6.38. The molecule has 0 aromatic heterocycles. The van der Waals surface area contributed by atoms with Crippen molar-refractivity contribution in [1.82, 2.24) is 0 Å². The summed E-state index contributed by atoms with van der Waals surface area (Å²) in [5.41, 5.74) is 1.52. The molecule has 1 aliphatic heterocycles. The van der Waals surface area contributed by atoms with Gasteiger partial charge in [0.2, 0.25) is 0 Å². The fourth-order valence-corrected chi connectivity index (χ4v) is 2.24. The van der Waals surface area contributed by atoms with E-state index in [0.717, 1.165) is 24.8 Å². The predicted octanol–water partition coefficient (Wildman–Crippen LogP) is 3.16. The van der Waals surface area contributed by atoms with Crippen LogP contribution < -0.4 is 10.1 Å². The van der Waals surface area contributed by atoms with E-state index in [-0.39, 0.29) is 12.0 Å². The molecule has 0 bridgehead atoms. The van der Waals surface area contributed by atoms with Crippen LogP contribution in [0.4, 0.5) is 5.69 Å². The molecule has 1 fully saturated rings. The average Bonchev–Trinajstić information content (AvgIpc) is 2.43. The van der Waals surface area contributed by atoms with Crippen molar-refractivity contribution in [2.45, 2.75) is 32.3 Å². The van der Waals surface area contributed by atoms with Crippen LogP contribution in [0.1, 0.15) is 24.8 Å².